The van der Waals surface area contributed by atoms with Crippen molar-refractivity contribution in [2.75, 3.05) is 4.72 Å². The standard InChI is InChI=1S/C21H15Cl2N7O4S/c1-12-19(21(32)30(28-12)20(31)13-2-4-14(22)5-3-13)27-24-15-6-8-16(9-7-15)35(33,34)29-18-11-10-17(23)25-26-18/h2-11,19H,1H3,(H,26,29)/b27-24+. The van der Waals surface area contributed by atoms with Crippen molar-refractivity contribution in [2.24, 2.45) is 15.3 Å². The first-order valence-corrected chi connectivity index (χ1v) is 12.1. The van der Waals surface area contributed by atoms with Crippen LogP contribution in [0.3, 0.4) is 0 Å². The van der Waals surface area contributed by atoms with Crippen LogP contribution < -0.4 is 4.72 Å². The smallest absolute Gasteiger partial charge is 0.269 e. The number of imide groups is 1. The molecule has 2 aromatic carbocycles. The lowest BCUT2D eigenvalue weighted by atomic mass is 10.2. The average Bonchev–Trinajstić information content (AvgIpc) is 3.12. The number of anilines is 1. The number of halogens is 2. The molecule has 4 rings (SSSR count). The van der Waals surface area contributed by atoms with Crippen LogP contribution in [0.1, 0.15) is 17.3 Å². The second kappa shape index (κ2) is 9.86. The molecule has 0 fully saturated rings. The van der Waals surface area contributed by atoms with Gasteiger partial charge >= 0.3 is 0 Å². The molecule has 14 heteroatoms. The zero-order chi connectivity index (χ0) is 25.2. The summed E-state index contributed by atoms with van der Waals surface area (Å²) in [6, 6.07) is 13.2. The first kappa shape index (κ1) is 24.4. The van der Waals surface area contributed by atoms with E-state index in [-0.39, 0.29) is 27.1 Å². The van der Waals surface area contributed by atoms with Crippen molar-refractivity contribution < 1.29 is 18.0 Å². The number of hydrogen-bond donors (Lipinski definition) is 1. The number of nitrogens with zero attached hydrogens (tertiary/aromatic N) is 6. The molecular weight excluding hydrogens is 517 g/mol. The van der Waals surface area contributed by atoms with Gasteiger partial charge < -0.3 is 0 Å². The van der Waals surface area contributed by atoms with Crippen molar-refractivity contribution in [3.63, 3.8) is 0 Å². The normalized spacial score (nSPS) is 16.0. The van der Waals surface area contributed by atoms with Gasteiger partial charge in [-0.3, -0.25) is 14.3 Å². The SMILES string of the molecule is CC1=NN(C(=O)c2ccc(Cl)cc2)C(=O)C1/N=N/c1ccc(S(=O)(=O)Nc2ccc(Cl)nn2)cc1. The molecule has 1 aromatic heterocycles. The van der Waals surface area contributed by atoms with Crippen molar-refractivity contribution in [3.8, 4) is 0 Å². The third kappa shape index (κ3) is 5.50. The van der Waals surface area contributed by atoms with E-state index in [9.17, 15) is 18.0 Å². The highest BCUT2D eigenvalue weighted by Crippen LogP contribution is 2.22. The average molecular weight is 532 g/mol. The van der Waals surface area contributed by atoms with Gasteiger partial charge in [0.2, 0.25) is 0 Å². The number of carbonyl (C=O) groups excluding carboxylic acids is 2. The molecule has 0 saturated heterocycles. The summed E-state index contributed by atoms with van der Waals surface area (Å²) in [7, 11) is -3.93. The fraction of sp³-hybridized carbons (Fsp3) is 0.0952. The van der Waals surface area contributed by atoms with Crippen LogP contribution in [0, 0.1) is 0 Å². The number of amides is 2. The maximum atomic E-state index is 12.7. The summed E-state index contributed by atoms with van der Waals surface area (Å²) < 4.78 is 27.3. The highest BCUT2D eigenvalue weighted by atomic mass is 35.5. The number of aromatic nitrogens is 2. The highest BCUT2D eigenvalue weighted by Gasteiger charge is 2.38. The van der Waals surface area contributed by atoms with E-state index in [2.05, 4.69) is 30.2 Å². The third-order valence-corrected chi connectivity index (χ3v) is 6.51. The minimum atomic E-state index is -3.93. The Labute approximate surface area is 209 Å². The molecule has 0 radical (unpaired) electrons. The number of rotatable bonds is 6. The predicted octanol–water partition coefficient (Wildman–Crippen LogP) is 4.10. The van der Waals surface area contributed by atoms with Gasteiger partial charge in [-0.2, -0.15) is 20.3 Å². The Bertz CT molecular complexity index is 1440. The summed E-state index contributed by atoms with van der Waals surface area (Å²) in [5.74, 6) is -1.26. The maximum absolute atomic E-state index is 12.7. The number of hydrazone groups is 1. The largest absolute Gasteiger partial charge is 0.282 e. The number of benzene rings is 2. The van der Waals surface area contributed by atoms with Gasteiger partial charge in [0.15, 0.2) is 17.0 Å². The van der Waals surface area contributed by atoms with Crippen molar-refractivity contribution in [2.45, 2.75) is 17.9 Å². The molecule has 1 aliphatic rings. The zero-order valence-corrected chi connectivity index (χ0v) is 20.2. The Morgan fingerprint density at radius 1 is 1.00 bits per heavy atom. The fourth-order valence-electron chi connectivity index (χ4n) is 2.93. The fourth-order valence-corrected chi connectivity index (χ4v) is 4.16. The van der Waals surface area contributed by atoms with Crippen LogP contribution in [-0.4, -0.2) is 47.2 Å². The van der Waals surface area contributed by atoms with Crippen LogP contribution in [-0.2, 0) is 14.8 Å². The summed E-state index contributed by atoms with van der Waals surface area (Å²) in [6.45, 7) is 1.55. The van der Waals surface area contributed by atoms with E-state index in [1.807, 2.05) is 0 Å². The van der Waals surface area contributed by atoms with E-state index < -0.39 is 27.9 Å². The molecule has 3 aromatic rings. The number of hydrogen-bond acceptors (Lipinski definition) is 9. The van der Waals surface area contributed by atoms with Gasteiger partial charge in [-0.25, -0.2) is 8.42 Å². The summed E-state index contributed by atoms with van der Waals surface area (Å²) in [5, 5.41) is 20.6. The summed E-state index contributed by atoms with van der Waals surface area (Å²) in [5.41, 5.74) is 0.818. The van der Waals surface area contributed by atoms with Crippen LogP contribution >= 0.6 is 23.2 Å². The van der Waals surface area contributed by atoms with E-state index in [0.717, 1.165) is 5.01 Å². The number of azo groups is 1. The monoisotopic (exact) mass is 531 g/mol. The number of carbonyl (C=O) groups is 2. The lowest BCUT2D eigenvalue weighted by Crippen LogP contribution is -2.34. The third-order valence-electron chi connectivity index (χ3n) is 4.69. The lowest BCUT2D eigenvalue weighted by Gasteiger charge is -2.10. The molecule has 0 aliphatic carbocycles. The molecule has 1 N–H and O–H groups in total. The topological polar surface area (TPSA) is 146 Å². The van der Waals surface area contributed by atoms with Gasteiger partial charge in [-0.05, 0) is 67.6 Å². The quantitative estimate of drug-likeness (QED) is 0.374. The number of sulfonamides is 1. The van der Waals surface area contributed by atoms with Gasteiger partial charge in [-0.1, -0.05) is 23.2 Å². The molecule has 0 saturated carbocycles. The zero-order valence-electron chi connectivity index (χ0n) is 17.8. The second-order valence-corrected chi connectivity index (χ2v) is 9.67. The lowest BCUT2D eigenvalue weighted by molar-refractivity contribution is -0.127. The van der Waals surface area contributed by atoms with Crippen LogP contribution in [0.5, 0.6) is 0 Å². The predicted molar refractivity (Wildman–Crippen MR) is 128 cm³/mol. The van der Waals surface area contributed by atoms with Gasteiger partial charge in [0.1, 0.15) is 0 Å². The van der Waals surface area contributed by atoms with Gasteiger partial charge in [0.25, 0.3) is 21.8 Å². The molecule has 11 nitrogen and oxygen atoms in total. The Balaban J connectivity index is 1.44. The van der Waals surface area contributed by atoms with Crippen molar-refractivity contribution in [3.05, 3.63) is 76.4 Å². The van der Waals surface area contributed by atoms with E-state index in [1.54, 1.807) is 6.92 Å². The molecule has 1 unspecified atom stereocenters. The number of nitrogens with one attached hydrogen (secondary N) is 1. The molecular formula is C21H15Cl2N7O4S. The van der Waals surface area contributed by atoms with E-state index in [1.165, 1.54) is 60.7 Å². The van der Waals surface area contributed by atoms with Crippen molar-refractivity contribution >= 4 is 62.3 Å². The Kier molecular flexibility index (Phi) is 6.87. The molecule has 2 amide bonds. The summed E-state index contributed by atoms with van der Waals surface area (Å²) in [4.78, 5) is 25.3. The Morgan fingerprint density at radius 3 is 2.31 bits per heavy atom. The molecule has 2 heterocycles. The van der Waals surface area contributed by atoms with Gasteiger partial charge in [0.05, 0.1) is 16.3 Å². The van der Waals surface area contributed by atoms with E-state index in [0.29, 0.717) is 10.7 Å². The second-order valence-electron chi connectivity index (χ2n) is 7.16. The van der Waals surface area contributed by atoms with Gasteiger partial charge in [-0.15, -0.1) is 10.2 Å². The van der Waals surface area contributed by atoms with Crippen LogP contribution in [0.25, 0.3) is 0 Å². The molecule has 0 spiro atoms. The van der Waals surface area contributed by atoms with Crippen molar-refractivity contribution in [1.29, 1.82) is 0 Å². The van der Waals surface area contributed by atoms with Crippen LogP contribution in [0.2, 0.25) is 10.2 Å². The highest BCUT2D eigenvalue weighted by molar-refractivity contribution is 7.92. The molecule has 35 heavy (non-hydrogen) atoms. The first-order chi connectivity index (χ1) is 16.6. The molecule has 1 aliphatic heterocycles. The summed E-state index contributed by atoms with van der Waals surface area (Å²) >= 11 is 11.5. The molecule has 178 valence electrons. The summed E-state index contributed by atoms with van der Waals surface area (Å²) in [6.07, 6.45) is 0. The Morgan fingerprint density at radius 2 is 1.69 bits per heavy atom. The van der Waals surface area contributed by atoms with E-state index >= 15 is 0 Å². The van der Waals surface area contributed by atoms with Gasteiger partial charge in [0, 0.05) is 10.6 Å². The Hall–Kier alpha value is -3.74. The molecule has 1 atom stereocenters. The van der Waals surface area contributed by atoms with E-state index in [4.69, 9.17) is 23.2 Å². The minimum absolute atomic E-state index is 0.00498. The van der Waals surface area contributed by atoms with Crippen LogP contribution in [0.4, 0.5) is 11.5 Å². The molecule has 0 bridgehead atoms. The minimum Gasteiger partial charge on any atom is -0.269 e. The first-order valence-electron chi connectivity index (χ1n) is 9.86. The van der Waals surface area contributed by atoms with Crippen LogP contribution in [0.15, 0.2) is 80.9 Å². The maximum Gasteiger partial charge on any atom is 0.282 e. The van der Waals surface area contributed by atoms with Crippen molar-refractivity contribution in [1.82, 2.24) is 15.2 Å².